The molecule has 1 amide bonds. The molecule has 0 saturated carbocycles. The van der Waals surface area contributed by atoms with E-state index in [0.29, 0.717) is 18.8 Å². The normalized spacial score (nSPS) is 16.5. The van der Waals surface area contributed by atoms with Crippen LogP contribution in [0.15, 0.2) is 36.6 Å². The lowest BCUT2D eigenvalue weighted by Gasteiger charge is -2.40. The minimum Gasteiger partial charge on any atom is -0.444 e. The van der Waals surface area contributed by atoms with Gasteiger partial charge in [0, 0.05) is 24.7 Å². The summed E-state index contributed by atoms with van der Waals surface area (Å²) in [6.07, 6.45) is 3.30. The van der Waals surface area contributed by atoms with Crippen LogP contribution in [0.4, 0.5) is 4.79 Å². The van der Waals surface area contributed by atoms with Gasteiger partial charge in [0.25, 0.3) is 0 Å². The van der Waals surface area contributed by atoms with Gasteiger partial charge < -0.3 is 15.4 Å². The van der Waals surface area contributed by atoms with Crippen LogP contribution in [0.1, 0.15) is 20.8 Å². The SMILES string of the molecule is C=C(N)/C=C\C(=C)C1CN(C(=O)OC(C)(C)C)C1. The van der Waals surface area contributed by atoms with Crippen LogP contribution in [-0.2, 0) is 4.74 Å². The summed E-state index contributed by atoms with van der Waals surface area (Å²) in [6, 6.07) is 0. The van der Waals surface area contributed by atoms with Gasteiger partial charge in [-0.05, 0) is 32.4 Å². The van der Waals surface area contributed by atoms with Crippen LogP contribution < -0.4 is 5.73 Å². The number of carbonyl (C=O) groups excluding carboxylic acids is 1. The molecule has 0 aliphatic carbocycles. The summed E-state index contributed by atoms with van der Waals surface area (Å²) < 4.78 is 5.27. The van der Waals surface area contributed by atoms with Gasteiger partial charge in [0.05, 0.1) is 0 Å². The molecular weight excluding hydrogens is 228 g/mol. The van der Waals surface area contributed by atoms with Gasteiger partial charge in [-0.25, -0.2) is 4.79 Å². The second kappa shape index (κ2) is 5.29. The van der Waals surface area contributed by atoms with Crippen molar-refractivity contribution >= 4 is 6.09 Å². The lowest BCUT2D eigenvalue weighted by molar-refractivity contribution is 0.00410. The predicted molar refractivity (Wildman–Crippen MR) is 72.9 cm³/mol. The Kier molecular flexibility index (Phi) is 4.22. The summed E-state index contributed by atoms with van der Waals surface area (Å²) in [5.41, 5.74) is 6.45. The van der Waals surface area contributed by atoms with E-state index in [0.717, 1.165) is 5.57 Å². The predicted octanol–water partition coefficient (Wildman–Crippen LogP) is 2.44. The van der Waals surface area contributed by atoms with Crippen molar-refractivity contribution in [2.24, 2.45) is 11.7 Å². The fraction of sp³-hybridized carbons (Fsp3) is 0.500. The summed E-state index contributed by atoms with van der Waals surface area (Å²) in [5.74, 6) is 0.285. The van der Waals surface area contributed by atoms with Crippen LogP contribution in [0, 0.1) is 5.92 Å². The number of nitrogens with two attached hydrogens (primary N) is 1. The molecule has 0 bridgehead atoms. The standard InChI is InChI=1S/C14H22N2O2/c1-10(6-7-11(2)15)12-8-16(9-12)13(17)18-14(3,4)5/h6-7,12H,1-2,8-9,15H2,3-5H3/b7-6-. The average molecular weight is 250 g/mol. The topological polar surface area (TPSA) is 55.6 Å². The van der Waals surface area contributed by atoms with Crippen molar-refractivity contribution < 1.29 is 9.53 Å². The van der Waals surface area contributed by atoms with Crippen LogP contribution in [0.5, 0.6) is 0 Å². The maximum absolute atomic E-state index is 11.7. The summed E-state index contributed by atoms with van der Waals surface area (Å²) >= 11 is 0. The van der Waals surface area contributed by atoms with Gasteiger partial charge in [0.15, 0.2) is 0 Å². The zero-order valence-corrected chi connectivity index (χ0v) is 11.4. The molecule has 0 atom stereocenters. The maximum Gasteiger partial charge on any atom is 0.410 e. The van der Waals surface area contributed by atoms with E-state index in [1.807, 2.05) is 26.8 Å². The first kappa shape index (κ1) is 14.4. The van der Waals surface area contributed by atoms with Crippen molar-refractivity contribution in [2.45, 2.75) is 26.4 Å². The first-order chi connectivity index (χ1) is 8.19. The molecule has 0 radical (unpaired) electrons. The molecule has 1 aliphatic rings. The Bertz CT molecular complexity index is 385. The number of amides is 1. The number of rotatable bonds is 3. The molecule has 18 heavy (non-hydrogen) atoms. The molecule has 0 aromatic heterocycles. The summed E-state index contributed by atoms with van der Waals surface area (Å²) in [7, 11) is 0. The van der Waals surface area contributed by atoms with Gasteiger partial charge in [0.1, 0.15) is 5.60 Å². The lowest BCUT2D eigenvalue weighted by atomic mass is 9.92. The minimum absolute atomic E-state index is 0.265. The smallest absolute Gasteiger partial charge is 0.410 e. The molecule has 4 heteroatoms. The Morgan fingerprint density at radius 2 is 1.89 bits per heavy atom. The fourth-order valence-electron chi connectivity index (χ4n) is 1.54. The number of nitrogens with zero attached hydrogens (tertiary/aromatic N) is 1. The maximum atomic E-state index is 11.7. The monoisotopic (exact) mass is 250 g/mol. The van der Waals surface area contributed by atoms with Gasteiger partial charge in [-0.1, -0.05) is 19.2 Å². The molecule has 0 aromatic rings. The molecule has 1 fully saturated rings. The third-order valence-electron chi connectivity index (χ3n) is 2.57. The van der Waals surface area contributed by atoms with Crippen molar-refractivity contribution in [1.82, 2.24) is 4.90 Å². The van der Waals surface area contributed by atoms with Crippen LogP contribution in [-0.4, -0.2) is 29.7 Å². The Hall–Kier alpha value is -1.71. The minimum atomic E-state index is -0.448. The van der Waals surface area contributed by atoms with E-state index in [2.05, 4.69) is 13.2 Å². The number of carbonyl (C=O) groups is 1. The van der Waals surface area contributed by atoms with Crippen molar-refractivity contribution in [3.05, 3.63) is 36.6 Å². The van der Waals surface area contributed by atoms with Gasteiger partial charge >= 0.3 is 6.09 Å². The van der Waals surface area contributed by atoms with Gasteiger partial charge in [0.2, 0.25) is 0 Å². The Morgan fingerprint density at radius 3 is 2.33 bits per heavy atom. The largest absolute Gasteiger partial charge is 0.444 e. The number of likely N-dealkylation sites (tertiary alicyclic amines) is 1. The fourth-order valence-corrected chi connectivity index (χ4v) is 1.54. The second-order valence-electron chi connectivity index (χ2n) is 5.57. The molecule has 0 aromatic carbocycles. The molecule has 1 heterocycles. The van der Waals surface area contributed by atoms with Crippen LogP contribution in [0.2, 0.25) is 0 Å². The van der Waals surface area contributed by atoms with E-state index in [-0.39, 0.29) is 12.0 Å². The Balaban J connectivity index is 2.38. The highest BCUT2D eigenvalue weighted by atomic mass is 16.6. The highest BCUT2D eigenvalue weighted by Crippen LogP contribution is 2.25. The molecule has 4 nitrogen and oxygen atoms in total. The number of allylic oxidation sites excluding steroid dienone is 2. The highest BCUT2D eigenvalue weighted by molar-refractivity contribution is 5.69. The van der Waals surface area contributed by atoms with E-state index in [9.17, 15) is 4.79 Å². The highest BCUT2D eigenvalue weighted by Gasteiger charge is 2.34. The van der Waals surface area contributed by atoms with Gasteiger partial charge in [-0.15, -0.1) is 0 Å². The lowest BCUT2D eigenvalue weighted by Crippen LogP contribution is -2.51. The van der Waals surface area contributed by atoms with Crippen molar-refractivity contribution in [2.75, 3.05) is 13.1 Å². The number of ether oxygens (including phenoxy) is 1. The average Bonchev–Trinajstić information content (AvgIpc) is 2.08. The third kappa shape index (κ3) is 4.28. The van der Waals surface area contributed by atoms with Gasteiger partial charge in [-0.3, -0.25) is 0 Å². The van der Waals surface area contributed by atoms with E-state index < -0.39 is 5.60 Å². The van der Waals surface area contributed by atoms with E-state index in [1.165, 1.54) is 0 Å². The van der Waals surface area contributed by atoms with Crippen molar-refractivity contribution in [3.8, 4) is 0 Å². The molecule has 0 spiro atoms. The molecule has 1 aliphatic heterocycles. The number of hydrogen-bond donors (Lipinski definition) is 1. The third-order valence-corrected chi connectivity index (χ3v) is 2.57. The second-order valence-corrected chi connectivity index (χ2v) is 5.57. The number of hydrogen-bond acceptors (Lipinski definition) is 3. The van der Waals surface area contributed by atoms with Crippen molar-refractivity contribution in [3.63, 3.8) is 0 Å². The first-order valence-electron chi connectivity index (χ1n) is 5.98. The molecular formula is C14H22N2O2. The molecule has 2 N–H and O–H groups in total. The Morgan fingerprint density at radius 1 is 1.33 bits per heavy atom. The van der Waals surface area contributed by atoms with E-state index in [4.69, 9.17) is 10.5 Å². The van der Waals surface area contributed by atoms with Crippen LogP contribution in [0.25, 0.3) is 0 Å². The van der Waals surface area contributed by atoms with Crippen molar-refractivity contribution in [1.29, 1.82) is 0 Å². The quantitative estimate of drug-likeness (QED) is 0.783. The molecule has 1 rings (SSSR count). The van der Waals surface area contributed by atoms with E-state index in [1.54, 1.807) is 11.0 Å². The molecule has 0 unspecified atom stereocenters. The summed E-state index contributed by atoms with van der Waals surface area (Å²) in [6.45, 7) is 14.4. The van der Waals surface area contributed by atoms with Gasteiger partial charge in [-0.2, -0.15) is 0 Å². The first-order valence-corrected chi connectivity index (χ1v) is 5.98. The summed E-state index contributed by atoms with van der Waals surface area (Å²) in [4.78, 5) is 13.4. The molecule has 1 saturated heterocycles. The summed E-state index contributed by atoms with van der Waals surface area (Å²) in [5, 5.41) is 0. The van der Waals surface area contributed by atoms with Crippen LogP contribution >= 0.6 is 0 Å². The zero-order chi connectivity index (χ0) is 13.9. The van der Waals surface area contributed by atoms with E-state index >= 15 is 0 Å². The van der Waals surface area contributed by atoms with Crippen LogP contribution in [0.3, 0.4) is 0 Å². The molecule has 100 valence electrons. The zero-order valence-electron chi connectivity index (χ0n) is 11.4. The Labute approximate surface area is 109 Å².